The third-order valence-corrected chi connectivity index (χ3v) is 6.16. The minimum absolute atomic E-state index is 0.0127. The van der Waals surface area contributed by atoms with Crippen molar-refractivity contribution < 1.29 is 13.6 Å². The molecule has 2 aromatic carbocycles. The van der Waals surface area contributed by atoms with Gasteiger partial charge in [0.05, 0.1) is 16.8 Å². The van der Waals surface area contributed by atoms with E-state index in [1.54, 1.807) is 0 Å². The molecule has 0 saturated carbocycles. The predicted molar refractivity (Wildman–Crippen MR) is 114 cm³/mol. The number of nitrogens with one attached hydrogen (secondary N) is 1. The highest BCUT2D eigenvalue weighted by Crippen LogP contribution is 2.38. The van der Waals surface area contributed by atoms with Crippen molar-refractivity contribution in [1.82, 2.24) is 9.97 Å². The zero-order valence-corrected chi connectivity index (χ0v) is 17.0. The van der Waals surface area contributed by atoms with E-state index in [1.807, 2.05) is 29.6 Å². The highest BCUT2D eigenvalue weighted by molar-refractivity contribution is 8.00. The van der Waals surface area contributed by atoms with Gasteiger partial charge in [0.25, 0.3) is 0 Å². The van der Waals surface area contributed by atoms with Gasteiger partial charge in [0.15, 0.2) is 0 Å². The molecule has 4 nitrogen and oxygen atoms in total. The molecule has 0 aliphatic heterocycles. The van der Waals surface area contributed by atoms with E-state index in [4.69, 9.17) is 11.6 Å². The van der Waals surface area contributed by atoms with Crippen LogP contribution in [0.4, 0.5) is 14.5 Å². The number of amides is 1. The maximum Gasteiger partial charge on any atom is 0.234 e. The van der Waals surface area contributed by atoms with E-state index in [-0.39, 0.29) is 11.4 Å². The molecule has 0 aliphatic rings. The summed E-state index contributed by atoms with van der Waals surface area (Å²) in [4.78, 5) is 21.7. The van der Waals surface area contributed by atoms with Crippen molar-refractivity contribution in [2.45, 2.75) is 5.03 Å². The van der Waals surface area contributed by atoms with Crippen LogP contribution in [0.3, 0.4) is 0 Å². The van der Waals surface area contributed by atoms with Crippen molar-refractivity contribution in [1.29, 1.82) is 0 Å². The van der Waals surface area contributed by atoms with Gasteiger partial charge in [-0.3, -0.25) is 4.79 Å². The smallest absolute Gasteiger partial charge is 0.234 e. The summed E-state index contributed by atoms with van der Waals surface area (Å²) in [6.45, 7) is 0. The third-order valence-electron chi connectivity index (χ3n) is 4.04. The predicted octanol–water partition coefficient (Wildman–Crippen LogP) is 6.02. The molecule has 0 radical (unpaired) electrons. The van der Waals surface area contributed by atoms with Crippen LogP contribution >= 0.6 is 34.7 Å². The zero-order valence-electron chi connectivity index (χ0n) is 14.7. The van der Waals surface area contributed by atoms with Crippen LogP contribution in [0, 0.1) is 11.6 Å². The van der Waals surface area contributed by atoms with Crippen LogP contribution < -0.4 is 5.32 Å². The Morgan fingerprint density at radius 1 is 1.14 bits per heavy atom. The lowest BCUT2D eigenvalue weighted by Gasteiger charge is -2.07. The SMILES string of the molecule is O=C(CSc1ncnc2scc(-c3ccc(Cl)cc3)c12)Nc1ccc(F)cc1F. The number of hydrogen-bond acceptors (Lipinski definition) is 5. The van der Waals surface area contributed by atoms with Crippen molar-refractivity contribution in [2.24, 2.45) is 0 Å². The highest BCUT2D eigenvalue weighted by atomic mass is 35.5. The van der Waals surface area contributed by atoms with Gasteiger partial charge in [-0.2, -0.15) is 0 Å². The first-order valence-electron chi connectivity index (χ1n) is 8.37. The van der Waals surface area contributed by atoms with Gasteiger partial charge < -0.3 is 5.32 Å². The second-order valence-electron chi connectivity index (χ2n) is 5.98. The van der Waals surface area contributed by atoms with Crippen molar-refractivity contribution in [3.8, 4) is 11.1 Å². The fraction of sp³-hybridized carbons (Fsp3) is 0.0500. The molecule has 2 heterocycles. The average Bonchev–Trinajstić information content (AvgIpc) is 3.14. The monoisotopic (exact) mass is 447 g/mol. The number of fused-ring (bicyclic) bond motifs is 1. The van der Waals surface area contributed by atoms with Gasteiger partial charge in [-0.15, -0.1) is 11.3 Å². The maximum atomic E-state index is 13.7. The minimum atomic E-state index is -0.823. The fourth-order valence-electron chi connectivity index (χ4n) is 2.71. The van der Waals surface area contributed by atoms with Crippen LogP contribution in [-0.2, 0) is 4.79 Å². The van der Waals surface area contributed by atoms with Gasteiger partial charge in [0.2, 0.25) is 5.91 Å². The summed E-state index contributed by atoms with van der Waals surface area (Å²) in [7, 11) is 0. The second kappa shape index (κ2) is 8.44. The number of carbonyl (C=O) groups is 1. The molecule has 0 fully saturated rings. The van der Waals surface area contributed by atoms with Gasteiger partial charge in [0.1, 0.15) is 27.8 Å². The largest absolute Gasteiger partial charge is 0.323 e. The number of halogens is 3. The standard InChI is InChI=1S/C20H12ClF2N3OS2/c21-12-3-1-11(2-4-12)14-8-28-19-18(14)20(25-10-24-19)29-9-17(27)26-16-6-5-13(22)7-15(16)23/h1-8,10H,9H2,(H,26,27). The molecule has 9 heteroatoms. The summed E-state index contributed by atoms with van der Waals surface area (Å²) in [6, 6.07) is 10.4. The second-order valence-corrected chi connectivity index (χ2v) is 8.23. The van der Waals surface area contributed by atoms with E-state index in [9.17, 15) is 13.6 Å². The molecule has 0 bridgehead atoms. The summed E-state index contributed by atoms with van der Waals surface area (Å²) in [5, 5.41) is 6.58. The Kier molecular flexibility index (Phi) is 5.75. The number of nitrogens with zero attached hydrogens (tertiary/aromatic N) is 2. The fourth-order valence-corrected chi connectivity index (χ4v) is 4.63. The summed E-state index contributed by atoms with van der Waals surface area (Å²) in [6.07, 6.45) is 1.45. The lowest BCUT2D eigenvalue weighted by atomic mass is 10.1. The Labute approximate surface area is 178 Å². The van der Waals surface area contributed by atoms with Crippen LogP contribution in [-0.4, -0.2) is 21.6 Å². The summed E-state index contributed by atoms with van der Waals surface area (Å²) >= 11 is 8.68. The van der Waals surface area contributed by atoms with Crippen LogP contribution in [0.2, 0.25) is 5.02 Å². The van der Waals surface area contributed by atoms with E-state index >= 15 is 0 Å². The number of thioether (sulfide) groups is 1. The van der Waals surface area contributed by atoms with Gasteiger partial charge in [-0.05, 0) is 29.8 Å². The molecule has 146 valence electrons. The Hall–Kier alpha value is -2.55. The molecule has 1 N–H and O–H groups in total. The van der Waals surface area contributed by atoms with E-state index in [0.717, 1.165) is 33.5 Å². The highest BCUT2D eigenvalue weighted by Gasteiger charge is 2.15. The van der Waals surface area contributed by atoms with Gasteiger partial charge in [0, 0.05) is 22.0 Å². The van der Waals surface area contributed by atoms with Crippen molar-refractivity contribution >= 4 is 56.5 Å². The molecular weight excluding hydrogens is 436 g/mol. The molecule has 29 heavy (non-hydrogen) atoms. The van der Waals surface area contributed by atoms with E-state index in [2.05, 4.69) is 15.3 Å². The van der Waals surface area contributed by atoms with Crippen molar-refractivity contribution in [3.05, 3.63) is 70.8 Å². The van der Waals surface area contributed by atoms with Gasteiger partial charge in [-0.25, -0.2) is 18.7 Å². The number of benzene rings is 2. The van der Waals surface area contributed by atoms with Crippen molar-refractivity contribution in [2.75, 3.05) is 11.1 Å². The minimum Gasteiger partial charge on any atom is -0.323 e. The third kappa shape index (κ3) is 4.39. The van der Waals surface area contributed by atoms with E-state index in [0.29, 0.717) is 10.0 Å². The zero-order chi connectivity index (χ0) is 20.4. The first kappa shape index (κ1) is 19.8. The topological polar surface area (TPSA) is 54.9 Å². The molecule has 0 aliphatic carbocycles. The molecule has 0 saturated heterocycles. The van der Waals surface area contributed by atoms with Crippen LogP contribution in [0.1, 0.15) is 0 Å². The van der Waals surface area contributed by atoms with Crippen molar-refractivity contribution in [3.63, 3.8) is 0 Å². The Bertz CT molecular complexity index is 1200. The van der Waals surface area contributed by atoms with Crippen LogP contribution in [0.5, 0.6) is 0 Å². The Morgan fingerprint density at radius 2 is 1.93 bits per heavy atom. The van der Waals surface area contributed by atoms with Crippen LogP contribution in [0.25, 0.3) is 21.3 Å². The van der Waals surface area contributed by atoms with Gasteiger partial charge in [-0.1, -0.05) is 35.5 Å². The van der Waals surface area contributed by atoms with Gasteiger partial charge >= 0.3 is 0 Å². The Morgan fingerprint density at radius 3 is 2.69 bits per heavy atom. The number of thiophene rings is 1. The number of rotatable bonds is 5. The molecule has 0 unspecified atom stereocenters. The quantitative estimate of drug-likeness (QED) is 0.300. The lowest BCUT2D eigenvalue weighted by molar-refractivity contribution is -0.113. The number of hydrogen-bond donors (Lipinski definition) is 1. The molecule has 0 atom stereocenters. The molecular formula is C20H12ClF2N3OS2. The molecule has 1 amide bonds. The van der Waals surface area contributed by atoms with E-state index in [1.165, 1.54) is 35.5 Å². The molecule has 4 aromatic rings. The molecule has 4 rings (SSSR count). The number of aromatic nitrogens is 2. The first-order chi connectivity index (χ1) is 14.0. The number of anilines is 1. The first-order valence-corrected chi connectivity index (χ1v) is 10.6. The summed E-state index contributed by atoms with van der Waals surface area (Å²) in [5.41, 5.74) is 1.85. The molecule has 2 aromatic heterocycles. The summed E-state index contributed by atoms with van der Waals surface area (Å²) < 4.78 is 26.7. The Balaban J connectivity index is 1.55. The maximum absolute atomic E-state index is 13.7. The van der Waals surface area contributed by atoms with Crippen LogP contribution in [0.15, 0.2) is 59.2 Å². The van der Waals surface area contributed by atoms with E-state index < -0.39 is 17.5 Å². The number of carbonyl (C=O) groups excluding carboxylic acids is 1. The molecule has 0 spiro atoms. The summed E-state index contributed by atoms with van der Waals surface area (Å²) in [5.74, 6) is -1.93. The normalized spacial score (nSPS) is 11.0. The lowest BCUT2D eigenvalue weighted by Crippen LogP contribution is -2.15. The average molecular weight is 448 g/mol.